The summed E-state index contributed by atoms with van der Waals surface area (Å²) in [5.41, 5.74) is -0.0202. The van der Waals surface area contributed by atoms with Crippen LogP contribution in [0.5, 0.6) is 0 Å². The maximum absolute atomic E-state index is 13.2. The van der Waals surface area contributed by atoms with Crippen LogP contribution in [0.3, 0.4) is 0 Å². The van der Waals surface area contributed by atoms with Gasteiger partial charge in [0.1, 0.15) is 0 Å². The molecule has 1 heterocycles. The summed E-state index contributed by atoms with van der Waals surface area (Å²) in [5.74, 6) is -1.79. The van der Waals surface area contributed by atoms with Gasteiger partial charge in [-0.05, 0) is 50.9 Å². The number of halogens is 2. The fourth-order valence-corrected chi connectivity index (χ4v) is 1.82. The van der Waals surface area contributed by atoms with E-state index in [1.165, 1.54) is 6.07 Å². The first-order valence-electron chi connectivity index (χ1n) is 6.14. The van der Waals surface area contributed by atoms with Crippen LogP contribution in [-0.4, -0.2) is 18.3 Å². The van der Waals surface area contributed by atoms with Crippen LogP contribution in [0.25, 0.3) is 5.47 Å². The topological polar surface area (TPSA) is 18.5 Å². The molecule has 0 spiro atoms. The van der Waals surface area contributed by atoms with Gasteiger partial charge in [0.15, 0.2) is 11.6 Å². The molecule has 2 rings (SSSR count). The van der Waals surface area contributed by atoms with Crippen molar-refractivity contribution in [3.63, 3.8) is 0 Å². The van der Waals surface area contributed by atoms with Gasteiger partial charge in [0, 0.05) is 0 Å². The third-order valence-electron chi connectivity index (χ3n) is 3.83. The van der Waals surface area contributed by atoms with Crippen molar-refractivity contribution in [3.05, 3.63) is 42.0 Å². The number of benzene rings is 1. The van der Waals surface area contributed by atoms with Crippen molar-refractivity contribution in [1.29, 1.82) is 0 Å². The molecular weight excluding hydrogens is 249 g/mol. The normalized spacial score (nSPS) is 20.6. The highest BCUT2D eigenvalue weighted by Gasteiger charge is 2.52. The lowest BCUT2D eigenvalue weighted by molar-refractivity contribution is 0.00578. The Kier molecular flexibility index (Phi) is 3.31. The van der Waals surface area contributed by atoms with E-state index in [0.29, 0.717) is 11.0 Å². The molecule has 0 aromatic heterocycles. The molecule has 0 unspecified atom stereocenters. The molecule has 1 fully saturated rings. The van der Waals surface area contributed by atoms with Gasteiger partial charge in [-0.25, -0.2) is 8.78 Å². The fraction of sp³-hybridized carbons (Fsp3) is 0.429. The first-order valence-corrected chi connectivity index (χ1v) is 6.14. The summed E-state index contributed by atoms with van der Waals surface area (Å²) in [4.78, 5) is 0. The highest BCUT2D eigenvalue weighted by molar-refractivity contribution is 6.68. The molecule has 19 heavy (non-hydrogen) atoms. The second-order valence-electron chi connectivity index (χ2n) is 5.74. The van der Waals surface area contributed by atoms with Crippen LogP contribution in [0.2, 0.25) is 0 Å². The van der Waals surface area contributed by atoms with E-state index in [4.69, 9.17) is 9.31 Å². The predicted molar refractivity (Wildman–Crippen MR) is 71.5 cm³/mol. The highest BCUT2D eigenvalue weighted by Crippen LogP contribution is 2.40. The van der Waals surface area contributed by atoms with Crippen molar-refractivity contribution >= 4 is 12.6 Å². The van der Waals surface area contributed by atoms with Crippen LogP contribution >= 0.6 is 0 Å². The third kappa shape index (κ3) is 2.45. The zero-order valence-electron chi connectivity index (χ0n) is 11.6. The highest BCUT2D eigenvalue weighted by atomic mass is 19.2. The molecular formula is C14H17BF2O2. The van der Waals surface area contributed by atoms with Crippen molar-refractivity contribution in [1.82, 2.24) is 0 Å². The Bertz CT molecular complexity index is 510. The Morgan fingerprint density at radius 3 is 2.05 bits per heavy atom. The molecule has 0 bridgehead atoms. The molecule has 1 aliphatic rings. The minimum absolute atomic E-state index is 0.470. The Hall–Kier alpha value is -1.20. The summed E-state index contributed by atoms with van der Waals surface area (Å²) in [6, 6.07) is 3.63. The molecule has 1 aromatic carbocycles. The van der Waals surface area contributed by atoms with Gasteiger partial charge in [0.05, 0.1) is 11.2 Å². The van der Waals surface area contributed by atoms with Crippen molar-refractivity contribution in [2.45, 2.75) is 38.9 Å². The van der Waals surface area contributed by atoms with Gasteiger partial charge in [-0.15, -0.1) is 0 Å². The van der Waals surface area contributed by atoms with Crippen LogP contribution in [0, 0.1) is 11.6 Å². The molecule has 1 aliphatic heterocycles. The SMILES string of the molecule is C=C(B1OC(C)(C)C(C)(C)O1)c1ccc(F)c(F)c1. The molecule has 0 saturated carbocycles. The second-order valence-corrected chi connectivity index (χ2v) is 5.74. The molecule has 5 heteroatoms. The van der Waals surface area contributed by atoms with Gasteiger partial charge in [-0.2, -0.15) is 0 Å². The average molecular weight is 266 g/mol. The van der Waals surface area contributed by atoms with Crippen molar-refractivity contribution in [3.8, 4) is 0 Å². The molecule has 0 amide bonds. The van der Waals surface area contributed by atoms with E-state index in [-0.39, 0.29) is 0 Å². The Morgan fingerprint density at radius 1 is 1.05 bits per heavy atom. The van der Waals surface area contributed by atoms with Gasteiger partial charge in [0.2, 0.25) is 0 Å². The maximum Gasteiger partial charge on any atom is 0.494 e. The lowest BCUT2D eigenvalue weighted by Crippen LogP contribution is -2.41. The Balaban J connectivity index is 2.24. The van der Waals surface area contributed by atoms with E-state index < -0.39 is 30.0 Å². The molecule has 102 valence electrons. The summed E-state index contributed by atoms with van der Waals surface area (Å²) >= 11 is 0. The summed E-state index contributed by atoms with van der Waals surface area (Å²) in [6.45, 7) is 11.6. The number of rotatable bonds is 2. The van der Waals surface area contributed by atoms with E-state index in [0.717, 1.165) is 12.1 Å². The minimum atomic E-state index is -0.907. The van der Waals surface area contributed by atoms with Gasteiger partial charge >= 0.3 is 7.12 Å². The van der Waals surface area contributed by atoms with Crippen molar-refractivity contribution < 1.29 is 18.1 Å². The zero-order chi connectivity index (χ0) is 14.4. The second kappa shape index (κ2) is 4.42. The van der Waals surface area contributed by atoms with Gasteiger partial charge in [-0.1, -0.05) is 12.6 Å². The van der Waals surface area contributed by atoms with Crippen LogP contribution in [0.4, 0.5) is 8.78 Å². The van der Waals surface area contributed by atoms with Crippen molar-refractivity contribution in [2.75, 3.05) is 0 Å². The Labute approximate surface area is 112 Å². The summed E-state index contributed by atoms with van der Waals surface area (Å²) in [5, 5.41) is 0. The van der Waals surface area contributed by atoms with E-state index in [1.54, 1.807) is 0 Å². The quantitative estimate of drug-likeness (QED) is 0.761. The Morgan fingerprint density at radius 2 is 1.58 bits per heavy atom. The molecule has 0 aliphatic carbocycles. The van der Waals surface area contributed by atoms with Gasteiger partial charge in [-0.3, -0.25) is 0 Å². The van der Waals surface area contributed by atoms with Crippen LogP contribution in [0.1, 0.15) is 33.3 Å². The van der Waals surface area contributed by atoms with Gasteiger partial charge < -0.3 is 9.31 Å². The van der Waals surface area contributed by atoms with Gasteiger partial charge in [0.25, 0.3) is 0 Å². The molecule has 0 atom stereocenters. The first kappa shape index (κ1) is 14.2. The summed E-state index contributed by atoms with van der Waals surface area (Å²) < 4.78 is 37.8. The monoisotopic (exact) mass is 266 g/mol. The first-order chi connectivity index (χ1) is 8.64. The fourth-order valence-electron chi connectivity index (χ4n) is 1.82. The molecule has 2 nitrogen and oxygen atoms in total. The maximum atomic E-state index is 13.2. The standard InChI is InChI=1S/C14H17BF2O2/c1-9(10-6-7-11(16)12(17)8-10)15-18-13(2,3)14(4,5)19-15/h6-8H,1H2,2-5H3. The molecule has 0 radical (unpaired) electrons. The van der Waals surface area contributed by atoms with E-state index in [2.05, 4.69) is 6.58 Å². The lowest BCUT2D eigenvalue weighted by atomic mass is 9.75. The van der Waals surface area contributed by atoms with Crippen LogP contribution < -0.4 is 0 Å². The van der Waals surface area contributed by atoms with E-state index >= 15 is 0 Å². The molecule has 1 aromatic rings. The number of hydrogen-bond acceptors (Lipinski definition) is 2. The smallest absolute Gasteiger partial charge is 0.399 e. The van der Waals surface area contributed by atoms with Crippen LogP contribution in [-0.2, 0) is 9.31 Å². The van der Waals surface area contributed by atoms with E-state index in [9.17, 15) is 8.78 Å². The molecule has 0 N–H and O–H groups in total. The average Bonchev–Trinajstić information content (AvgIpc) is 2.51. The predicted octanol–water partition coefficient (Wildman–Crippen LogP) is 3.61. The third-order valence-corrected chi connectivity index (χ3v) is 3.83. The van der Waals surface area contributed by atoms with Crippen molar-refractivity contribution in [2.24, 2.45) is 0 Å². The zero-order valence-corrected chi connectivity index (χ0v) is 11.6. The summed E-state index contributed by atoms with van der Waals surface area (Å²) in [6.07, 6.45) is 0. The largest absolute Gasteiger partial charge is 0.494 e. The lowest BCUT2D eigenvalue weighted by Gasteiger charge is -2.32. The molecule has 1 saturated heterocycles. The number of hydrogen-bond donors (Lipinski definition) is 0. The van der Waals surface area contributed by atoms with Crippen LogP contribution in [0.15, 0.2) is 24.8 Å². The van der Waals surface area contributed by atoms with E-state index in [1.807, 2.05) is 27.7 Å². The minimum Gasteiger partial charge on any atom is -0.399 e. The summed E-state index contributed by atoms with van der Waals surface area (Å²) in [7, 11) is -0.658.